The molecule has 0 unspecified atom stereocenters. The summed E-state index contributed by atoms with van der Waals surface area (Å²) in [4.78, 5) is 8.64. The average Bonchev–Trinajstić information content (AvgIpc) is 2.88. The van der Waals surface area contributed by atoms with Crippen LogP contribution in [0.2, 0.25) is 5.02 Å². The lowest BCUT2D eigenvalue weighted by Crippen LogP contribution is -1.89. The van der Waals surface area contributed by atoms with Crippen molar-refractivity contribution in [3.63, 3.8) is 0 Å². The summed E-state index contributed by atoms with van der Waals surface area (Å²) in [6.45, 7) is -0.101. The number of aromatic amines is 1. The molecular weight excluding hydrogens is 308 g/mol. The van der Waals surface area contributed by atoms with Gasteiger partial charge in [-0.25, -0.2) is 4.98 Å². The first-order chi connectivity index (χ1) is 10.2. The Morgan fingerprint density at radius 1 is 1.33 bits per heavy atom. The summed E-state index contributed by atoms with van der Waals surface area (Å²) in [5.41, 5.74) is 2.48. The number of fused-ring (bicyclic) bond motifs is 1. The van der Waals surface area contributed by atoms with Gasteiger partial charge in [0.25, 0.3) is 0 Å². The molecule has 3 rings (SSSR count). The van der Waals surface area contributed by atoms with Gasteiger partial charge < -0.3 is 14.8 Å². The molecule has 1 aromatic heterocycles. The largest absolute Gasteiger partial charge is 0.497 e. The SMILES string of the molecule is COc1ccc2nc(Sc3cccc(Cl)c3CO)[nH]c2c1. The smallest absolute Gasteiger partial charge is 0.171 e. The first-order valence-electron chi connectivity index (χ1n) is 6.31. The van der Waals surface area contributed by atoms with Crippen LogP contribution in [0.1, 0.15) is 5.56 Å². The monoisotopic (exact) mass is 320 g/mol. The highest BCUT2D eigenvalue weighted by atomic mass is 35.5. The van der Waals surface area contributed by atoms with Gasteiger partial charge in [-0.05, 0) is 24.3 Å². The van der Waals surface area contributed by atoms with Crippen LogP contribution in [0.3, 0.4) is 0 Å². The van der Waals surface area contributed by atoms with Crippen molar-refractivity contribution in [2.75, 3.05) is 7.11 Å². The van der Waals surface area contributed by atoms with E-state index < -0.39 is 0 Å². The summed E-state index contributed by atoms with van der Waals surface area (Å²) in [6, 6.07) is 11.2. The summed E-state index contributed by atoms with van der Waals surface area (Å²) in [7, 11) is 1.63. The van der Waals surface area contributed by atoms with Crippen LogP contribution in [-0.4, -0.2) is 22.2 Å². The number of aliphatic hydroxyl groups excluding tert-OH is 1. The number of aromatic nitrogens is 2. The van der Waals surface area contributed by atoms with Gasteiger partial charge in [-0.15, -0.1) is 0 Å². The molecule has 4 nitrogen and oxygen atoms in total. The minimum Gasteiger partial charge on any atom is -0.497 e. The maximum atomic E-state index is 9.44. The maximum absolute atomic E-state index is 9.44. The van der Waals surface area contributed by atoms with Crippen LogP contribution in [0.4, 0.5) is 0 Å². The number of benzene rings is 2. The maximum Gasteiger partial charge on any atom is 0.171 e. The summed E-state index contributed by atoms with van der Waals surface area (Å²) >= 11 is 7.53. The first-order valence-corrected chi connectivity index (χ1v) is 7.50. The van der Waals surface area contributed by atoms with Gasteiger partial charge in [0.2, 0.25) is 0 Å². The molecule has 0 aliphatic carbocycles. The van der Waals surface area contributed by atoms with E-state index in [-0.39, 0.29) is 6.61 Å². The van der Waals surface area contributed by atoms with Gasteiger partial charge in [-0.3, -0.25) is 0 Å². The highest BCUT2D eigenvalue weighted by Crippen LogP contribution is 2.33. The second-order valence-electron chi connectivity index (χ2n) is 4.40. The summed E-state index contributed by atoms with van der Waals surface area (Å²) in [5.74, 6) is 0.779. The Balaban J connectivity index is 1.97. The van der Waals surface area contributed by atoms with Crippen molar-refractivity contribution in [1.29, 1.82) is 0 Å². The predicted molar refractivity (Wildman–Crippen MR) is 84.1 cm³/mol. The van der Waals surface area contributed by atoms with E-state index in [0.29, 0.717) is 10.6 Å². The quantitative estimate of drug-likeness (QED) is 0.766. The van der Waals surface area contributed by atoms with E-state index in [1.807, 2.05) is 30.3 Å². The Morgan fingerprint density at radius 3 is 2.95 bits per heavy atom. The number of nitrogens with zero attached hydrogens (tertiary/aromatic N) is 1. The van der Waals surface area contributed by atoms with Crippen LogP contribution in [0.15, 0.2) is 46.5 Å². The number of methoxy groups -OCH3 is 1. The molecular formula is C15H13ClN2O2S. The van der Waals surface area contributed by atoms with Crippen molar-refractivity contribution >= 4 is 34.4 Å². The average molecular weight is 321 g/mol. The minimum absolute atomic E-state index is 0.101. The van der Waals surface area contributed by atoms with Crippen LogP contribution >= 0.6 is 23.4 Å². The van der Waals surface area contributed by atoms with Gasteiger partial charge in [0.05, 0.1) is 24.8 Å². The van der Waals surface area contributed by atoms with Crippen molar-refractivity contribution in [1.82, 2.24) is 9.97 Å². The van der Waals surface area contributed by atoms with Gasteiger partial charge in [0, 0.05) is 21.5 Å². The first kappa shape index (κ1) is 14.3. The third-order valence-corrected chi connectivity index (χ3v) is 4.45. The third kappa shape index (κ3) is 2.85. The molecule has 3 aromatic rings. The Kier molecular flexibility index (Phi) is 4.05. The normalized spacial score (nSPS) is 11.0. The third-order valence-electron chi connectivity index (χ3n) is 3.11. The molecule has 6 heteroatoms. The molecule has 0 radical (unpaired) electrons. The van der Waals surface area contributed by atoms with Crippen molar-refractivity contribution in [3.05, 3.63) is 47.0 Å². The summed E-state index contributed by atoms with van der Waals surface area (Å²) in [5, 5.41) is 10.7. The highest BCUT2D eigenvalue weighted by molar-refractivity contribution is 7.99. The number of hydrogen-bond acceptors (Lipinski definition) is 4. The molecule has 0 bridgehead atoms. The van der Waals surface area contributed by atoms with Crippen LogP contribution in [0.25, 0.3) is 11.0 Å². The fourth-order valence-corrected chi connectivity index (χ4v) is 3.28. The van der Waals surface area contributed by atoms with Crippen LogP contribution in [0.5, 0.6) is 5.75 Å². The summed E-state index contributed by atoms with van der Waals surface area (Å²) < 4.78 is 5.20. The zero-order valence-corrected chi connectivity index (χ0v) is 12.8. The van der Waals surface area contributed by atoms with E-state index in [4.69, 9.17) is 16.3 Å². The van der Waals surface area contributed by atoms with E-state index in [9.17, 15) is 5.11 Å². The lowest BCUT2D eigenvalue weighted by Gasteiger charge is -2.06. The van der Waals surface area contributed by atoms with Crippen molar-refractivity contribution in [2.45, 2.75) is 16.7 Å². The second-order valence-corrected chi connectivity index (χ2v) is 5.84. The molecule has 108 valence electrons. The van der Waals surface area contributed by atoms with Gasteiger partial charge >= 0.3 is 0 Å². The highest BCUT2D eigenvalue weighted by Gasteiger charge is 2.10. The molecule has 0 spiro atoms. The second kappa shape index (κ2) is 5.97. The van der Waals surface area contributed by atoms with Crippen LogP contribution < -0.4 is 4.74 Å². The minimum atomic E-state index is -0.101. The molecule has 0 aliphatic rings. The number of halogens is 1. The van der Waals surface area contributed by atoms with Crippen molar-refractivity contribution in [2.24, 2.45) is 0 Å². The Morgan fingerprint density at radius 2 is 2.19 bits per heavy atom. The molecule has 0 fully saturated rings. The Bertz CT molecular complexity index is 788. The van der Waals surface area contributed by atoms with Gasteiger partial charge in [-0.2, -0.15) is 0 Å². The molecule has 0 saturated carbocycles. The molecule has 2 aromatic carbocycles. The van der Waals surface area contributed by atoms with Crippen LogP contribution in [-0.2, 0) is 6.61 Å². The molecule has 0 atom stereocenters. The number of hydrogen-bond donors (Lipinski definition) is 2. The molecule has 1 heterocycles. The number of aliphatic hydroxyl groups is 1. The van der Waals surface area contributed by atoms with E-state index in [2.05, 4.69) is 9.97 Å². The lowest BCUT2D eigenvalue weighted by atomic mass is 10.2. The topological polar surface area (TPSA) is 58.1 Å². The number of ether oxygens (including phenoxy) is 1. The molecule has 0 amide bonds. The number of H-pyrrole nitrogens is 1. The zero-order chi connectivity index (χ0) is 14.8. The fraction of sp³-hybridized carbons (Fsp3) is 0.133. The fourth-order valence-electron chi connectivity index (χ4n) is 2.03. The van der Waals surface area contributed by atoms with Gasteiger partial charge in [0.1, 0.15) is 5.75 Å². The Labute approximate surface area is 131 Å². The van der Waals surface area contributed by atoms with Crippen molar-refractivity contribution in [3.8, 4) is 5.75 Å². The predicted octanol–water partition coefficient (Wildman–Crippen LogP) is 3.87. The van der Waals surface area contributed by atoms with Crippen molar-refractivity contribution < 1.29 is 9.84 Å². The van der Waals surface area contributed by atoms with E-state index in [1.165, 1.54) is 11.8 Å². The van der Waals surface area contributed by atoms with E-state index in [0.717, 1.165) is 26.8 Å². The summed E-state index contributed by atoms with van der Waals surface area (Å²) in [6.07, 6.45) is 0. The number of rotatable bonds is 4. The van der Waals surface area contributed by atoms with E-state index >= 15 is 0 Å². The van der Waals surface area contributed by atoms with Crippen LogP contribution in [0, 0.1) is 0 Å². The van der Waals surface area contributed by atoms with Gasteiger partial charge in [-0.1, -0.05) is 29.4 Å². The molecule has 2 N–H and O–H groups in total. The lowest BCUT2D eigenvalue weighted by molar-refractivity contribution is 0.279. The van der Waals surface area contributed by atoms with Gasteiger partial charge in [0.15, 0.2) is 5.16 Å². The Hall–Kier alpha value is -1.69. The molecule has 0 saturated heterocycles. The zero-order valence-electron chi connectivity index (χ0n) is 11.3. The molecule has 21 heavy (non-hydrogen) atoms. The molecule has 0 aliphatic heterocycles. The number of imidazole rings is 1. The van der Waals surface area contributed by atoms with E-state index in [1.54, 1.807) is 13.2 Å². The number of nitrogens with one attached hydrogen (secondary N) is 1. The standard InChI is InChI=1S/C15H13ClN2O2S/c1-20-9-5-6-12-13(7-9)18-15(17-12)21-14-4-2-3-11(16)10(14)8-19/h2-7,19H,8H2,1H3,(H,17,18).